The molecule has 12 amide bonds. The number of likely N-dealkylation sites (N-methyl/N-ethyl adjacent to an activating group) is 1. The van der Waals surface area contributed by atoms with E-state index in [2.05, 4.69) is 80.6 Å². The molecule has 0 spiro atoms. The topological polar surface area (TPSA) is 493 Å². The molecule has 8 aliphatic carbocycles. The Hall–Kier alpha value is -7.14. The number of amides is 12. The molecule has 804 valence electrons. The quantitative estimate of drug-likeness (QED) is 0.0299. The summed E-state index contributed by atoms with van der Waals surface area (Å²) >= 11 is 0. The molecule has 0 aromatic rings. The molecule has 138 heavy (non-hydrogen) atoms. The number of likely N-dealkylation sites (tertiary alicyclic amines) is 2. The van der Waals surface area contributed by atoms with Crippen molar-refractivity contribution in [2.75, 3.05) is 60.2 Å². The smallest absolute Gasteiger partial charge is 0.260 e. The maximum absolute atomic E-state index is 12.3. The molecule has 33 nitrogen and oxygen atoms in total. The van der Waals surface area contributed by atoms with Gasteiger partial charge in [0.1, 0.15) is 11.5 Å². The van der Waals surface area contributed by atoms with E-state index in [1.165, 1.54) is 19.3 Å². The van der Waals surface area contributed by atoms with Gasteiger partial charge >= 0.3 is 0 Å². The second-order valence-corrected chi connectivity index (χ2v) is 44.0. The minimum Gasteiger partial charge on any atom is -0.393 e. The predicted molar refractivity (Wildman–Crippen MR) is 526 cm³/mol. The minimum atomic E-state index is -2.74. The van der Waals surface area contributed by atoms with E-state index in [0.29, 0.717) is 74.9 Å². The molecule has 39 heteroatoms. The Balaban J connectivity index is 0.000000753. The van der Waals surface area contributed by atoms with Crippen LogP contribution in [-0.2, 0) is 67.0 Å². The van der Waals surface area contributed by atoms with E-state index in [0.717, 1.165) is 90.3 Å². The number of aliphatic hydroxyl groups is 2. The van der Waals surface area contributed by atoms with Crippen molar-refractivity contribution in [1.82, 2.24) is 73.6 Å². The molecule has 12 fully saturated rings. The van der Waals surface area contributed by atoms with Gasteiger partial charge in [-0.3, -0.25) is 62.4 Å². The van der Waals surface area contributed by atoms with E-state index in [4.69, 9.17) is 36.9 Å². The summed E-state index contributed by atoms with van der Waals surface area (Å²) in [5, 5.41) is 51.4. The van der Waals surface area contributed by atoms with Crippen molar-refractivity contribution < 1.29 is 104 Å². The molecule has 4 saturated heterocycles. The number of nitrogens with zero attached hydrogens (tertiary/aromatic N) is 2. The number of alkyl halides is 6. The third-order valence-electron chi connectivity index (χ3n) is 23.5. The van der Waals surface area contributed by atoms with Crippen LogP contribution in [0.3, 0.4) is 0 Å². The monoisotopic (exact) mass is 1980 g/mol. The average molecular weight is 1980 g/mol. The number of carbonyl (C=O) groups is 12. The van der Waals surface area contributed by atoms with Crippen molar-refractivity contribution >= 4 is 70.9 Å². The minimum absolute atomic E-state index is 0.00231. The number of hydrogen-bond donors (Lipinski definition) is 17. The number of nitrogens with one attached hydrogen (secondary N) is 12. The number of ether oxygens (including phenoxy) is 2. The van der Waals surface area contributed by atoms with Gasteiger partial charge in [-0.2, -0.15) is 0 Å². The first-order valence-electron chi connectivity index (χ1n) is 50.4. The van der Waals surface area contributed by atoms with Gasteiger partial charge in [-0.05, 0) is 300 Å². The van der Waals surface area contributed by atoms with Crippen molar-refractivity contribution in [2.24, 2.45) is 75.9 Å². The number of aliphatic hydroxyl groups excluding tert-OH is 2. The van der Waals surface area contributed by atoms with Gasteiger partial charge in [-0.25, -0.2) is 26.3 Å². The van der Waals surface area contributed by atoms with E-state index in [-0.39, 0.29) is 199 Å². The van der Waals surface area contributed by atoms with Gasteiger partial charge in [0, 0.05) is 155 Å². The van der Waals surface area contributed by atoms with Crippen LogP contribution in [0.4, 0.5) is 26.3 Å². The van der Waals surface area contributed by atoms with Crippen LogP contribution in [0, 0.1) is 58.7 Å². The molecule has 0 aromatic carbocycles. The largest absolute Gasteiger partial charge is 0.393 e. The first kappa shape index (κ1) is 129. The fraction of sp³-hybridized carbons (Fsp3) is 0.879. The first-order valence-corrected chi connectivity index (χ1v) is 50.4. The van der Waals surface area contributed by atoms with Crippen LogP contribution in [0.15, 0.2) is 0 Å². The lowest BCUT2D eigenvalue weighted by Gasteiger charge is -2.36. The fourth-order valence-corrected chi connectivity index (χ4v) is 14.6. The second-order valence-electron chi connectivity index (χ2n) is 44.0. The Morgan fingerprint density at radius 2 is 0.739 bits per heavy atom. The molecule has 8 saturated carbocycles. The highest BCUT2D eigenvalue weighted by Gasteiger charge is 2.61. The number of nitrogens with two attached hydrogens (primary N) is 3. The van der Waals surface area contributed by atoms with Crippen molar-refractivity contribution in [2.45, 2.75) is 440 Å². The molecule has 12 aliphatic rings. The zero-order chi connectivity index (χ0) is 106. The van der Waals surface area contributed by atoms with Crippen LogP contribution in [-0.4, -0.2) is 277 Å². The standard InChI is InChI=1S/C10H19NO2.2C9H18N2O.C9H17NO2.C9H17NO.2C8H13F2NO.C8H16N2O.C8H15NO2.C7H11F2NO.C7H14N2O2.C7H14N2O/c1-6(2)11-10(13)7(3)8-4-9(12)5-8;1-7(2)10-9(12)4-8-5-11(3)6-8;1-7(2)10-9(12)8-5-4-6-11(8)3;1-6(2)10-9(12)5-7-3-8(11)4-7;1-7(2)10-9(11)6-8-4-3-5-8;1-5(2)11-7(12)6-3-8(9,10)4-6;1-5(2)11-7(12)3-6-4-8(6,9)10;1-5(2)10-8(11)7(9)6-3-4-6;1-6(2)9-7(10)8(3)4-11-5-8;1-4(2)10-6(11)5-3-7(5,8)9;1-5(2)9-6(10)7(8)3-11-4-7;1-5(2)9-6(10)7(8)3-4-7/h6-9,12H,4-5H2,1-3H3,(H,11,13);2*7-8H,4-6H2,1-3H3,(H,10,12);6-8,11H,3-5H2,1-2H3,(H,10,12);7-8H,3-6H2,1-2H3,(H,10,11);2*5-6H,3-4H2,1-2H3,(H,11,12);5-7H,3-4,9H2,1-2H3,(H,10,11);6H,4-5H2,1-3H3,(H,9,10);4-5H,3H2,1-2H3,(H,10,11);5H,3-4,8H2,1-2H3,(H,9,10);5H,3-4,8H2,1-2H3,(H,9,10). The average Bonchev–Trinajstić information content (AvgIpc) is 1.60. The Kier molecular flexibility index (Phi) is 57.1. The van der Waals surface area contributed by atoms with E-state index >= 15 is 0 Å². The Morgan fingerprint density at radius 1 is 0.384 bits per heavy atom. The highest BCUT2D eigenvalue weighted by molar-refractivity contribution is 5.90. The van der Waals surface area contributed by atoms with Crippen LogP contribution in [0.2, 0.25) is 0 Å². The van der Waals surface area contributed by atoms with Crippen molar-refractivity contribution in [3.63, 3.8) is 0 Å². The van der Waals surface area contributed by atoms with Crippen molar-refractivity contribution in [1.29, 1.82) is 0 Å². The summed E-state index contributed by atoms with van der Waals surface area (Å²) in [6, 6.07) is 1.89. The summed E-state index contributed by atoms with van der Waals surface area (Å²) < 4.78 is 83.5. The van der Waals surface area contributed by atoms with E-state index in [9.17, 15) is 83.9 Å². The van der Waals surface area contributed by atoms with Crippen LogP contribution in [0.1, 0.15) is 315 Å². The molecule has 12 rings (SSSR count). The molecule has 0 aromatic heterocycles. The number of halogens is 6. The number of carbonyl (C=O) groups excluding carboxylic acids is 12. The molecule has 4 aliphatic heterocycles. The third-order valence-corrected chi connectivity index (χ3v) is 23.5. The molecular formula is C99H185F6N17O16. The Morgan fingerprint density at radius 3 is 1.04 bits per heavy atom. The maximum Gasteiger partial charge on any atom is 0.260 e. The van der Waals surface area contributed by atoms with E-state index in [1.807, 2.05) is 173 Å². The highest BCUT2D eigenvalue weighted by Crippen LogP contribution is 2.51. The summed E-state index contributed by atoms with van der Waals surface area (Å²) in [5.41, 5.74) is 15.4. The lowest BCUT2D eigenvalue weighted by atomic mass is 9.74. The zero-order valence-electron chi connectivity index (χ0n) is 88.7. The van der Waals surface area contributed by atoms with Gasteiger partial charge < -0.3 is 106 Å². The molecular weight excluding hydrogens is 1800 g/mol. The van der Waals surface area contributed by atoms with Crippen molar-refractivity contribution in [3.8, 4) is 0 Å². The Bertz CT molecular complexity index is 3570. The van der Waals surface area contributed by atoms with Gasteiger partial charge in [-0.15, -0.1) is 0 Å². The maximum atomic E-state index is 12.3. The second kappa shape index (κ2) is 61.1. The Labute approximate surface area is 820 Å². The summed E-state index contributed by atoms with van der Waals surface area (Å²) in [6.07, 6.45) is 13.7. The van der Waals surface area contributed by atoms with E-state index < -0.39 is 52.5 Å². The molecule has 4 heterocycles. The normalized spacial score (nSPS) is 23.3. The molecule has 5 unspecified atom stereocenters. The lowest BCUT2D eigenvalue weighted by Crippen LogP contribution is -2.67. The summed E-state index contributed by atoms with van der Waals surface area (Å²) in [6.45, 7) is 54.9. The summed E-state index contributed by atoms with van der Waals surface area (Å²) in [4.78, 5) is 139. The first-order chi connectivity index (χ1) is 63.4. The van der Waals surface area contributed by atoms with Gasteiger partial charge in [0.05, 0.1) is 61.7 Å². The highest BCUT2D eigenvalue weighted by atomic mass is 19.3. The van der Waals surface area contributed by atoms with Crippen LogP contribution >= 0.6 is 0 Å². The lowest BCUT2D eigenvalue weighted by molar-refractivity contribution is -0.158. The van der Waals surface area contributed by atoms with Gasteiger partial charge in [0.15, 0.2) is 0 Å². The van der Waals surface area contributed by atoms with Gasteiger partial charge in [0.25, 0.3) is 11.8 Å². The van der Waals surface area contributed by atoms with Gasteiger partial charge in [-0.1, -0.05) is 13.3 Å². The van der Waals surface area contributed by atoms with E-state index in [1.54, 1.807) is 13.8 Å². The zero-order valence-corrected chi connectivity index (χ0v) is 88.7. The fourth-order valence-electron chi connectivity index (χ4n) is 14.6. The molecule has 5 atom stereocenters. The van der Waals surface area contributed by atoms with Gasteiger partial charge in [0.2, 0.25) is 76.8 Å². The molecule has 0 radical (unpaired) electrons. The van der Waals surface area contributed by atoms with Crippen molar-refractivity contribution in [3.05, 3.63) is 0 Å². The molecule has 20 N–H and O–H groups in total. The van der Waals surface area contributed by atoms with Crippen LogP contribution in [0.25, 0.3) is 0 Å². The summed E-state index contributed by atoms with van der Waals surface area (Å²) in [7, 11) is 4.09. The number of rotatable bonds is 30. The summed E-state index contributed by atoms with van der Waals surface area (Å²) in [5.74, 6) is -7.77. The predicted octanol–water partition coefficient (Wildman–Crippen LogP) is 8.67. The van der Waals surface area contributed by atoms with Crippen LogP contribution in [0.5, 0.6) is 0 Å². The number of hydrogen-bond acceptors (Lipinski definition) is 21. The van der Waals surface area contributed by atoms with Crippen LogP contribution < -0.4 is 81.0 Å². The third kappa shape index (κ3) is 55.5. The SMILES string of the molecule is CC(C)NC(=O)C(C)C1CC(O)C1.CC(C)NC(=O)C(N)C1CC1.CC(C)NC(=O)C1(C)COC1.CC(C)NC(=O)C1(N)CC1.CC(C)NC(=O)C1(N)COC1.CC(C)NC(=O)C1CC(F)(F)C1.CC(C)NC(=O)C1CC1(F)F.CC(C)NC(=O)C1CCCN1C.CC(C)NC(=O)CC1CC(O)C1.CC(C)NC(=O)CC1CC1(F)F.CC(C)NC(=O)CC1CCC1.CC(C)NC(=O)CC1CN(C)C1. The molecule has 0 bridgehead atoms.